The zero-order valence-electron chi connectivity index (χ0n) is 9.67. The monoisotopic (exact) mass is 225 g/mol. The molecular formula is C15H15NO. The zero-order chi connectivity index (χ0) is 11.9. The van der Waals surface area contributed by atoms with Crippen molar-refractivity contribution in [2.45, 2.75) is 12.8 Å². The highest BCUT2D eigenvalue weighted by Crippen LogP contribution is 2.10. The first-order valence-electron chi connectivity index (χ1n) is 5.67. The van der Waals surface area contributed by atoms with E-state index in [0.29, 0.717) is 5.89 Å². The Kier molecular flexibility index (Phi) is 3.92. The number of aryl methyl sites for hydroxylation is 1. The Morgan fingerprint density at radius 3 is 2.76 bits per heavy atom. The van der Waals surface area contributed by atoms with Gasteiger partial charge in [0, 0.05) is 12.5 Å². The minimum Gasteiger partial charge on any atom is -0.442 e. The third-order valence-corrected chi connectivity index (χ3v) is 2.38. The Hall–Kier alpha value is -2.09. The first-order valence-corrected chi connectivity index (χ1v) is 5.67. The van der Waals surface area contributed by atoms with E-state index in [2.05, 4.69) is 11.6 Å². The summed E-state index contributed by atoms with van der Waals surface area (Å²) in [6.45, 7) is 3.68. The number of allylic oxidation sites excluding steroid dienone is 1. The normalized spacial score (nSPS) is 10.8. The standard InChI is InChI=1S/C15H15NO/c1-2-3-9-14-12-16-15(17-14)11-10-13-7-5-4-6-8-13/h2,4-8,10-12H,1,3,9H2/b11-10+. The average molecular weight is 225 g/mol. The molecule has 0 fully saturated rings. The van der Waals surface area contributed by atoms with Crippen LogP contribution >= 0.6 is 0 Å². The highest BCUT2D eigenvalue weighted by Gasteiger charge is 1.99. The largest absolute Gasteiger partial charge is 0.442 e. The van der Waals surface area contributed by atoms with Gasteiger partial charge in [-0.25, -0.2) is 4.98 Å². The van der Waals surface area contributed by atoms with E-state index in [1.54, 1.807) is 6.20 Å². The number of benzene rings is 1. The van der Waals surface area contributed by atoms with Crippen molar-refractivity contribution in [3.8, 4) is 0 Å². The molecule has 0 saturated heterocycles. The predicted octanol–water partition coefficient (Wildman–Crippen LogP) is 3.96. The maximum absolute atomic E-state index is 5.56. The molecule has 17 heavy (non-hydrogen) atoms. The number of hydrogen-bond donors (Lipinski definition) is 0. The fourth-order valence-electron chi connectivity index (χ4n) is 1.49. The van der Waals surface area contributed by atoms with Crippen LogP contribution in [-0.2, 0) is 6.42 Å². The topological polar surface area (TPSA) is 26.0 Å². The molecule has 2 rings (SSSR count). The molecule has 0 aliphatic rings. The summed E-state index contributed by atoms with van der Waals surface area (Å²) in [4.78, 5) is 4.20. The number of rotatable bonds is 5. The van der Waals surface area contributed by atoms with Crippen LogP contribution in [0.15, 0.2) is 53.6 Å². The molecule has 0 saturated carbocycles. The van der Waals surface area contributed by atoms with Gasteiger partial charge in [0.2, 0.25) is 5.89 Å². The smallest absolute Gasteiger partial charge is 0.218 e. The van der Waals surface area contributed by atoms with Gasteiger partial charge in [-0.05, 0) is 18.1 Å². The zero-order valence-corrected chi connectivity index (χ0v) is 9.67. The van der Waals surface area contributed by atoms with Gasteiger partial charge in [-0.1, -0.05) is 36.4 Å². The molecule has 0 unspecified atom stereocenters. The minimum atomic E-state index is 0.646. The first-order chi connectivity index (χ1) is 8.38. The van der Waals surface area contributed by atoms with Crippen molar-refractivity contribution in [1.82, 2.24) is 4.98 Å². The summed E-state index contributed by atoms with van der Waals surface area (Å²) >= 11 is 0. The first kappa shape index (κ1) is 11.4. The van der Waals surface area contributed by atoms with Gasteiger partial charge in [-0.15, -0.1) is 6.58 Å². The van der Waals surface area contributed by atoms with E-state index in [-0.39, 0.29) is 0 Å². The van der Waals surface area contributed by atoms with Gasteiger partial charge >= 0.3 is 0 Å². The van der Waals surface area contributed by atoms with Crippen molar-refractivity contribution < 1.29 is 4.42 Å². The summed E-state index contributed by atoms with van der Waals surface area (Å²) < 4.78 is 5.56. The highest BCUT2D eigenvalue weighted by molar-refractivity contribution is 5.65. The highest BCUT2D eigenvalue weighted by atomic mass is 16.4. The van der Waals surface area contributed by atoms with Gasteiger partial charge < -0.3 is 4.42 Å². The fourth-order valence-corrected chi connectivity index (χ4v) is 1.49. The van der Waals surface area contributed by atoms with Crippen LogP contribution in [0.25, 0.3) is 12.2 Å². The molecule has 0 bridgehead atoms. The molecule has 2 nitrogen and oxygen atoms in total. The third kappa shape index (κ3) is 3.45. The molecule has 0 spiro atoms. The maximum Gasteiger partial charge on any atom is 0.218 e. The van der Waals surface area contributed by atoms with Crippen LogP contribution in [0.2, 0.25) is 0 Å². The molecule has 1 aromatic carbocycles. The Balaban J connectivity index is 2.01. The van der Waals surface area contributed by atoms with E-state index in [4.69, 9.17) is 4.42 Å². The Labute approximate surface area is 101 Å². The number of aromatic nitrogens is 1. The second-order valence-electron chi connectivity index (χ2n) is 3.74. The Bertz CT molecular complexity index is 497. The van der Waals surface area contributed by atoms with Gasteiger partial charge in [-0.2, -0.15) is 0 Å². The molecular weight excluding hydrogens is 210 g/mol. The third-order valence-electron chi connectivity index (χ3n) is 2.38. The van der Waals surface area contributed by atoms with E-state index < -0.39 is 0 Å². The van der Waals surface area contributed by atoms with E-state index in [1.165, 1.54) is 0 Å². The molecule has 0 aliphatic heterocycles. The second-order valence-corrected chi connectivity index (χ2v) is 3.74. The van der Waals surface area contributed by atoms with Crippen LogP contribution in [0.4, 0.5) is 0 Å². The van der Waals surface area contributed by atoms with Crippen molar-refractivity contribution in [3.05, 3.63) is 66.4 Å². The van der Waals surface area contributed by atoms with Crippen molar-refractivity contribution in [1.29, 1.82) is 0 Å². The van der Waals surface area contributed by atoms with E-state index in [1.807, 2.05) is 48.6 Å². The van der Waals surface area contributed by atoms with E-state index >= 15 is 0 Å². The summed E-state index contributed by atoms with van der Waals surface area (Å²) in [7, 11) is 0. The molecule has 0 aliphatic carbocycles. The van der Waals surface area contributed by atoms with Crippen molar-refractivity contribution in [3.63, 3.8) is 0 Å². The molecule has 0 atom stereocenters. The molecule has 0 amide bonds. The lowest BCUT2D eigenvalue weighted by atomic mass is 10.2. The summed E-state index contributed by atoms with van der Waals surface area (Å²) in [6, 6.07) is 10.1. The van der Waals surface area contributed by atoms with Gasteiger partial charge in [0.25, 0.3) is 0 Å². The number of oxazole rings is 1. The van der Waals surface area contributed by atoms with Crippen LogP contribution in [0.3, 0.4) is 0 Å². The Morgan fingerprint density at radius 1 is 1.18 bits per heavy atom. The van der Waals surface area contributed by atoms with Gasteiger partial charge in [0.05, 0.1) is 6.20 Å². The molecule has 2 aromatic rings. The summed E-state index contributed by atoms with van der Waals surface area (Å²) in [5.74, 6) is 1.55. The summed E-state index contributed by atoms with van der Waals surface area (Å²) in [5, 5.41) is 0. The molecule has 0 radical (unpaired) electrons. The van der Waals surface area contributed by atoms with Crippen LogP contribution in [-0.4, -0.2) is 4.98 Å². The van der Waals surface area contributed by atoms with Crippen molar-refractivity contribution >= 4 is 12.2 Å². The SMILES string of the molecule is C=CCCc1cnc(/C=C/c2ccccc2)o1. The quantitative estimate of drug-likeness (QED) is 0.720. The summed E-state index contributed by atoms with van der Waals surface area (Å²) in [5.41, 5.74) is 1.14. The van der Waals surface area contributed by atoms with Crippen LogP contribution in [0, 0.1) is 0 Å². The van der Waals surface area contributed by atoms with Crippen molar-refractivity contribution in [2.24, 2.45) is 0 Å². The lowest BCUT2D eigenvalue weighted by Crippen LogP contribution is -1.76. The second kappa shape index (κ2) is 5.85. The van der Waals surface area contributed by atoms with Crippen LogP contribution in [0.1, 0.15) is 23.6 Å². The molecule has 1 heterocycles. The molecule has 0 N–H and O–H groups in total. The van der Waals surface area contributed by atoms with Crippen LogP contribution < -0.4 is 0 Å². The van der Waals surface area contributed by atoms with Crippen LogP contribution in [0.5, 0.6) is 0 Å². The van der Waals surface area contributed by atoms with E-state index in [0.717, 1.165) is 24.2 Å². The maximum atomic E-state index is 5.56. The molecule has 1 aromatic heterocycles. The predicted molar refractivity (Wildman–Crippen MR) is 70.4 cm³/mol. The van der Waals surface area contributed by atoms with Gasteiger partial charge in [-0.3, -0.25) is 0 Å². The summed E-state index contributed by atoms with van der Waals surface area (Å²) in [6.07, 6.45) is 9.29. The average Bonchev–Trinajstić information content (AvgIpc) is 2.83. The van der Waals surface area contributed by atoms with Gasteiger partial charge in [0.15, 0.2) is 0 Å². The lowest BCUT2D eigenvalue weighted by Gasteiger charge is -1.90. The number of nitrogens with zero attached hydrogens (tertiary/aromatic N) is 1. The number of hydrogen-bond acceptors (Lipinski definition) is 2. The fraction of sp³-hybridized carbons (Fsp3) is 0.133. The minimum absolute atomic E-state index is 0.646. The van der Waals surface area contributed by atoms with Gasteiger partial charge in [0.1, 0.15) is 5.76 Å². The van der Waals surface area contributed by atoms with E-state index in [9.17, 15) is 0 Å². The molecule has 2 heteroatoms. The lowest BCUT2D eigenvalue weighted by molar-refractivity contribution is 0.495. The molecule has 86 valence electrons. The van der Waals surface area contributed by atoms with Crippen molar-refractivity contribution in [2.75, 3.05) is 0 Å². The Morgan fingerprint density at radius 2 is 2.00 bits per heavy atom.